The van der Waals surface area contributed by atoms with Gasteiger partial charge in [-0.3, -0.25) is 25.2 Å². The van der Waals surface area contributed by atoms with Crippen molar-refractivity contribution < 1.29 is 41.4 Å². The highest BCUT2D eigenvalue weighted by molar-refractivity contribution is 6.35. The van der Waals surface area contributed by atoms with Crippen molar-refractivity contribution in [1.82, 2.24) is 16.2 Å². The van der Waals surface area contributed by atoms with Crippen molar-refractivity contribution in [2.75, 3.05) is 0 Å². The molecule has 0 unspecified atom stereocenters. The summed E-state index contributed by atoms with van der Waals surface area (Å²) in [6.45, 7) is -6.40. The van der Waals surface area contributed by atoms with E-state index in [4.69, 9.17) is 0 Å². The molecule has 1 fully saturated rings. The van der Waals surface area contributed by atoms with Crippen molar-refractivity contribution in [3.8, 4) is 11.5 Å². The van der Waals surface area contributed by atoms with Gasteiger partial charge < -0.3 is 14.8 Å². The van der Waals surface area contributed by atoms with E-state index >= 15 is 0 Å². The summed E-state index contributed by atoms with van der Waals surface area (Å²) in [6, 6.07) is 2.94. The average molecular weight is 405 g/mol. The maximum atomic E-state index is 12.5. The molecule has 0 aromatic heterocycles. The monoisotopic (exact) mass is 405 g/mol. The second-order valence-electron chi connectivity index (χ2n) is 5.48. The second kappa shape index (κ2) is 9.58. The lowest BCUT2D eigenvalue weighted by molar-refractivity contribution is -0.140. The molecule has 1 aromatic carbocycles. The average Bonchev–Trinajstić information content (AvgIpc) is 3.41. The van der Waals surface area contributed by atoms with E-state index in [2.05, 4.69) is 14.8 Å². The Morgan fingerprint density at radius 2 is 1.68 bits per heavy atom. The zero-order valence-electron chi connectivity index (χ0n) is 14.1. The first-order valence-electron chi connectivity index (χ1n) is 7.87. The molecule has 1 saturated carbocycles. The quantitative estimate of drug-likeness (QED) is 0.275. The summed E-state index contributed by atoms with van der Waals surface area (Å²) in [5, 5.41) is 2.41. The van der Waals surface area contributed by atoms with Crippen LogP contribution in [0.1, 0.15) is 18.4 Å². The number of halogens is 4. The number of carbonyl (C=O) groups is 3. The molecule has 152 valence electrons. The summed E-state index contributed by atoms with van der Waals surface area (Å²) in [5.74, 6) is -3.80. The van der Waals surface area contributed by atoms with E-state index in [1.165, 1.54) is 0 Å². The molecular formula is C16H15F4N3O5. The Hall–Kier alpha value is -3.31. The van der Waals surface area contributed by atoms with Gasteiger partial charge in [-0.2, -0.15) is 17.6 Å². The van der Waals surface area contributed by atoms with E-state index in [1.54, 1.807) is 0 Å². The van der Waals surface area contributed by atoms with E-state index < -0.39 is 42.4 Å². The van der Waals surface area contributed by atoms with E-state index in [0.29, 0.717) is 0 Å². The molecular weight excluding hydrogens is 390 g/mol. The normalized spacial score (nSPS) is 13.5. The molecule has 8 nitrogen and oxygen atoms in total. The van der Waals surface area contributed by atoms with Crippen LogP contribution in [0.3, 0.4) is 0 Å². The predicted molar refractivity (Wildman–Crippen MR) is 86.2 cm³/mol. The van der Waals surface area contributed by atoms with E-state index in [0.717, 1.165) is 43.2 Å². The molecule has 0 saturated heterocycles. The fraction of sp³-hybridized carbons (Fsp3) is 0.312. The maximum Gasteiger partial charge on any atom is 0.387 e. The minimum atomic E-state index is -3.24. The first kappa shape index (κ1) is 21.0. The number of rotatable bonds is 7. The van der Waals surface area contributed by atoms with Gasteiger partial charge in [-0.05, 0) is 31.1 Å². The fourth-order valence-corrected chi connectivity index (χ4v) is 1.89. The van der Waals surface area contributed by atoms with Crippen molar-refractivity contribution in [3.05, 3.63) is 29.8 Å². The van der Waals surface area contributed by atoms with Crippen LogP contribution in [0.2, 0.25) is 0 Å². The Labute approximate surface area is 155 Å². The van der Waals surface area contributed by atoms with Crippen molar-refractivity contribution in [2.45, 2.75) is 32.1 Å². The van der Waals surface area contributed by atoms with Gasteiger partial charge in [-0.25, -0.2) is 0 Å². The zero-order chi connectivity index (χ0) is 20.7. The van der Waals surface area contributed by atoms with Gasteiger partial charge in [0.15, 0.2) is 0 Å². The topological polar surface area (TPSA) is 106 Å². The molecule has 0 heterocycles. The summed E-state index contributed by atoms with van der Waals surface area (Å²) in [7, 11) is 0. The van der Waals surface area contributed by atoms with E-state index in [1.807, 2.05) is 10.9 Å². The number of carbonyl (C=O) groups excluding carboxylic acids is 3. The third kappa shape index (κ3) is 7.13. The molecule has 0 radical (unpaired) electrons. The van der Waals surface area contributed by atoms with E-state index in [9.17, 15) is 31.9 Å². The summed E-state index contributed by atoms with van der Waals surface area (Å²) >= 11 is 0. The first-order chi connectivity index (χ1) is 13.2. The standard InChI is InChI=1S/C16H15F4N3O5/c17-15(18)27-10-5-1-8(11(7-10)28-16(19)20)2-6-12(24)22-23-14(26)13(25)21-9-3-4-9/h1-2,5-7,9,15-16H,3-4H2,(H,21,25)(H,22,24)(H,23,26)/b6-2+. The molecule has 3 amide bonds. The number of alkyl halides is 4. The third-order valence-corrected chi connectivity index (χ3v) is 3.26. The second-order valence-corrected chi connectivity index (χ2v) is 5.48. The third-order valence-electron chi connectivity index (χ3n) is 3.26. The highest BCUT2D eigenvalue weighted by Gasteiger charge is 2.26. The smallest absolute Gasteiger partial charge is 0.387 e. The van der Waals surface area contributed by atoms with E-state index in [-0.39, 0.29) is 11.6 Å². The number of amides is 3. The number of nitrogens with one attached hydrogen (secondary N) is 3. The van der Waals surface area contributed by atoms with Crippen molar-refractivity contribution >= 4 is 23.8 Å². The van der Waals surface area contributed by atoms with Gasteiger partial charge in [0, 0.05) is 23.7 Å². The van der Waals surface area contributed by atoms with Gasteiger partial charge in [-0.15, -0.1) is 0 Å². The number of ether oxygens (including phenoxy) is 2. The molecule has 3 N–H and O–H groups in total. The summed E-state index contributed by atoms with van der Waals surface area (Å²) < 4.78 is 57.7. The lowest BCUT2D eigenvalue weighted by Gasteiger charge is -2.11. The van der Waals surface area contributed by atoms with Gasteiger partial charge in [-0.1, -0.05) is 0 Å². The predicted octanol–water partition coefficient (Wildman–Crippen LogP) is 1.33. The minimum absolute atomic E-state index is 0.0425. The Bertz CT molecular complexity index is 769. The number of hydrazine groups is 1. The molecule has 1 aliphatic carbocycles. The minimum Gasteiger partial charge on any atom is -0.435 e. The van der Waals surface area contributed by atoms with Gasteiger partial charge in [0.1, 0.15) is 11.5 Å². The Balaban J connectivity index is 1.95. The first-order valence-corrected chi connectivity index (χ1v) is 7.87. The summed E-state index contributed by atoms with van der Waals surface area (Å²) in [5.41, 5.74) is 3.75. The van der Waals surface area contributed by atoms with Crippen LogP contribution < -0.4 is 25.6 Å². The fourth-order valence-electron chi connectivity index (χ4n) is 1.89. The molecule has 12 heteroatoms. The van der Waals surface area contributed by atoms with Crippen LogP contribution in [0, 0.1) is 0 Å². The van der Waals surface area contributed by atoms with Crippen LogP contribution in [-0.2, 0) is 14.4 Å². The van der Waals surface area contributed by atoms with Crippen molar-refractivity contribution in [3.63, 3.8) is 0 Å². The SMILES string of the molecule is O=C(/C=C/c1ccc(OC(F)F)cc1OC(F)F)NNC(=O)C(=O)NC1CC1. The molecule has 1 aliphatic rings. The van der Waals surface area contributed by atoms with Gasteiger partial charge in [0.2, 0.25) is 0 Å². The Morgan fingerprint density at radius 1 is 1.00 bits per heavy atom. The number of hydrogen-bond donors (Lipinski definition) is 3. The van der Waals surface area contributed by atoms with Crippen LogP contribution in [0.5, 0.6) is 11.5 Å². The summed E-state index contributed by atoms with van der Waals surface area (Å²) in [6.07, 6.45) is 3.44. The Morgan fingerprint density at radius 3 is 2.29 bits per heavy atom. The number of benzene rings is 1. The molecule has 0 aliphatic heterocycles. The maximum absolute atomic E-state index is 12.5. The number of hydrogen-bond acceptors (Lipinski definition) is 5. The van der Waals surface area contributed by atoms with Crippen LogP contribution in [0.15, 0.2) is 24.3 Å². The van der Waals surface area contributed by atoms with Crippen molar-refractivity contribution in [2.24, 2.45) is 0 Å². The van der Waals surface area contributed by atoms with Gasteiger partial charge in [0.05, 0.1) is 0 Å². The molecule has 0 atom stereocenters. The molecule has 2 rings (SSSR count). The molecule has 1 aromatic rings. The lowest BCUT2D eigenvalue weighted by atomic mass is 10.1. The zero-order valence-corrected chi connectivity index (χ0v) is 14.1. The molecule has 0 bridgehead atoms. The van der Waals surface area contributed by atoms with Gasteiger partial charge in [0.25, 0.3) is 5.91 Å². The van der Waals surface area contributed by atoms with Gasteiger partial charge >= 0.3 is 25.0 Å². The van der Waals surface area contributed by atoms with Crippen LogP contribution in [0.4, 0.5) is 17.6 Å². The van der Waals surface area contributed by atoms with Crippen LogP contribution >= 0.6 is 0 Å². The molecule has 0 spiro atoms. The lowest BCUT2D eigenvalue weighted by Crippen LogP contribution is -2.48. The van der Waals surface area contributed by atoms with Crippen molar-refractivity contribution in [1.29, 1.82) is 0 Å². The highest BCUT2D eigenvalue weighted by atomic mass is 19.3. The Kier molecular flexibility index (Phi) is 7.18. The largest absolute Gasteiger partial charge is 0.435 e. The van der Waals surface area contributed by atoms with Crippen LogP contribution in [-0.4, -0.2) is 37.0 Å². The summed E-state index contributed by atoms with van der Waals surface area (Å²) in [4.78, 5) is 34.5. The van der Waals surface area contributed by atoms with Crippen LogP contribution in [0.25, 0.3) is 6.08 Å². The molecule has 28 heavy (non-hydrogen) atoms. The highest BCUT2D eigenvalue weighted by Crippen LogP contribution is 2.28.